The number of pyridine rings is 1. The Morgan fingerprint density at radius 3 is 2.28 bits per heavy atom. The van der Waals surface area contributed by atoms with Crippen molar-refractivity contribution in [2.75, 3.05) is 6.61 Å². The van der Waals surface area contributed by atoms with Crippen molar-refractivity contribution in [1.29, 1.82) is 0 Å². The molecule has 0 aliphatic rings. The van der Waals surface area contributed by atoms with Gasteiger partial charge in [0.2, 0.25) is 0 Å². The summed E-state index contributed by atoms with van der Waals surface area (Å²) in [4.78, 5) is 12.6. The Morgan fingerprint density at radius 2 is 1.66 bits per heavy atom. The summed E-state index contributed by atoms with van der Waals surface area (Å²) in [6.07, 6.45) is 1.71. The predicted molar refractivity (Wildman–Crippen MR) is 114 cm³/mol. The molecule has 0 saturated heterocycles. The fourth-order valence-electron chi connectivity index (χ4n) is 2.69. The Hall–Kier alpha value is -3.32. The van der Waals surface area contributed by atoms with Gasteiger partial charge in [0.25, 0.3) is 5.56 Å². The smallest absolute Gasteiger partial charge is 0.256 e. The van der Waals surface area contributed by atoms with Gasteiger partial charge in [-0.05, 0) is 66.4 Å². The van der Waals surface area contributed by atoms with Gasteiger partial charge in [0.05, 0.1) is 6.61 Å². The first kappa shape index (κ1) is 20.4. The molecule has 0 atom stereocenters. The summed E-state index contributed by atoms with van der Waals surface area (Å²) in [7, 11) is 0. The van der Waals surface area contributed by atoms with Crippen LogP contribution in [0.3, 0.4) is 0 Å². The number of benzene rings is 2. The van der Waals surface area contributed by atoms with E-state index in [9.17, 15) is 9.18 Å². The van der Waals surface area contributed by atoms with E-state index in [-0.39, 0.29) is 16.8 Å². The van der Waals surface area contributed by atoms with E-state index in [0.717, 1.165) is 17.0 Å². The molecule has 1 aromatic heterocycles. The summed E-state index contributed by atoms with van der Waals surface area (Å²) < 4.78 is 20.4. The molecule has 1 heterocycles. The van der Waals surface area contributed by atoms with Crippen LogP contribution in [-0.2, 0) is 0 Å². The number of hydrogen-bond donors (Lipinski definition) is 0. The number of halogens is 1. The van der Waals surface area contributed by atoms with Crippen LogP contribution in [0.2, 0.25) is 0 Å². The van der Waals surface area contributed by atoms with Gasteiger partial charge >= 0.3 is 0 Å². The molecule has 0 spiro atoms. The molecule has 29 heavy (non-hydrogen) atoms. The largest absolute Gasteiger partial charge is 0.493 e. The van der Waals surface area contributed by atoms with E-state index in [1.807, 2.05) is 25.1 Å². The van der Waals surface area contributed by atoms with Crippen molar-refractivity contribution in [3.63, 3.8) is 0 Å². The Kier molecular flexibility index (Phi) is 5.89. The zero-order valence-corrected chi connectivity index (χ0v) is 17.1. The van der Waals surface area contributed by atoms with Gasteiger partial charge in [0.1, 0.15) is 11.6 Å². The number of nitrogens with zero attached hydrogens (tertiary/aromatic N) is 1. The quantitative estimate of drug-likeness (QED) is 0.583. The molecule has 0 saturated carbocycles. The summed E-state index contributed by atoms with van der Waals surface area (Å²) in [5.74, 6) is 6.40. The molecule has 0 unspecified atom stereocenters. The van der Waals surface area contributed by atoms with Gasteiger partial charge in [-0.25, -0.2) is 4.39 Å². The molecule has 0 radical (unpaired) electrons. The lowest BCUT2D eigenvalue weighted by Crippen LogP contribution is -2.18. The second-order valence-corrected chi connectivity index (χ2v) is 8.18. The number of hydrogen-bond acceptors (Lipinski definition) is 2. The van der Waals surface area contributed by atoms with Crippen LogP contribution < -0.4 is 10.3 Å². The van der Waals surface area contributed by atoms with Crippen molar-refractivity contribution in [2.24, 2.45) is 5.41 Å². The molecular formula is C25H24FNO2. The number of aromatic nitrogens is 1. The third-order valence-electron chi connectivity index (χ3n) is 4.21. The molecule has 0 aliphatic carbocycles. The normalized spacial score (nSPS) is 10.9. The topological polar surface area (TPSA) is 31.2 Å². The maximum atomic E-state index is 13.0. The van der Waals surface area contributed by atoms with Gasteiger partial charge in [0, 0.05) is 29.1 Å². The molecule has 2 aromatic carbocycles. The van der Waals surface area contributed by atoms with Crippen molar-refractivity contribution >= 4 is 0 Å². The standard InChI is InChI=1S/C25H24FNO2/c1-18-15-22(11-12-23(18)29-17-25(2,3)4)27-14-13-20(16-24(27)28)6-5-19-7-9-21(26)10-8-19/h7-16H,17H2,1-4H3. The molecule has 148 valence electrons. The highest BCUT2D eigenvalue weighted by Crippen LogP contribution is 2.23. The van der Waals surface area contributed by atoms with Gasteiger partial charge in [-0.2, -0.15) is 0 Å². The Balaban J connectivity index is 1.81. The van der Waals surface area contributed by atoms with Crippen LogP contribution in [0.15, 0.2) is 65.6 Å². The summed E-state index contributed by atoms with van der Waals surface area (Å²) >= 11 is 0. The average Bonchev–Trinajstić information content (AvgIpc) is 2.66. The van der Waals surface area contributed by atoms with Crippen molar-refractivity contribution in [2.45, 2.75) is 27.7 Å². The highest BCUT2D eigenvalue weighted by Gasteiger charge is 2.12. The minimum absolute atomic E-state index is 0.0762. The molecule has 3 rings (SSSR count). The number of rotatable bonds is 3. The van der Waals surface area contributed by atoms with Crippen molar-refractivity contribution < 1.29 is 9.13 Å². The molecule has 0 amide bonds. The third-order valence-corrected chi connectivity index (χ3v) is 4.21. The lowest BCUT2D eigenvalue weighted by Gasteiger charge is -2.20. The molecule has 0 aliphatic heterocycles. The van der Waals surface area contributed by atoms with Gasteiger partial charge in [0.15, 0.2) is 0 Å². The summed E-state index contributed by atoms with van der Waals surface area (Å²) in [6, 6.07) is 14.9. The SMILES string of the molecule is Cc1cc(-n2ccc(C#Cc3ccc(F)cc3)cc2=O)ccc1OCC(C)(C)C. The first-order chi connectivity index (χ1) is 13.7. The Bertz CT molecular complexity index is 1130. The van der Waals surface area contributed by atoms with E-state index in [2.05, 4.69) is 32.6 Å². The van der Waals surface area contributed by atoms with E-state index in [1.165, 1.54) is 18.2 Å². The fraction of sp³-hybridized carbons (Fsp3) is 0.240. The lowest BCUT2D eigenvalue weighted by molar-refractivity contribution is 0.197. The van der Waals surface area contributed by atoms with Gasteiger partial charge in [-0.15, -0.1) is 0 Å². The Morgan fingerprint density at radius 1 is 0.966 bits per heavy atom. The van der Waals surface area contributed by atoms with Gasteiger partial charge in [-0.3, -0.25) is 9.36 Å². The van der Waals surface area contributed by atoms with Crippen LogP contribution in [-0.4, -0.2) is 11.2 Å². The molecule has 0 bridgehead atoms. The monoisotopic (exact) mass is 389 g/mol. The summed E-state index contributed by atoms with van der Waals surface area (Å²) in [6.45, 7) is 8.95. The molecule has 4 heteroatoms. The van der Waals surface area contributed by atoms with E-state index >= 15 is 0 Å². The number of aryl methyl sites for hydroxylation is 1. The molecule has 3 aromatic rings. The number of ether oxygens (including phenoxy) is 1. The first-order valence-electron chi connectivity index (χ1n) is 9.45. The first-order valence-corrected chi connectivity index (χ1v) is 9.45. The van der Waals surface area contributed by atoms with Crippen molar-refractivity contribution in [1.82, 2.24) is 4.57 Å². The van der Waals surface area contributed by atoms with E-state index in [0.29, 0.717) is 17.7 Å². The second-order valence-electron chi connectivity index (χ2n) is 8.18. The summed E-state index contributed by atoms with van der Waals surface area (Å²) in [5.41, 5.74) is 2.95. The maximum Gasteiger partial charge on any atom is 0.256 e. The highest BCUT2D eigenvalue weighted by molar-refractivity contribution is 5.46. The zero-order valence-electron chi connectivity index (χ0n) is 17.1. The summed E-state index contributed by atoms with van der Waals surface area (Å²) in [5, 5.41) is 0. The second kappa shape index (κ2) is 8.36. The van der Waals surface area contributed by atoms with E-state index in [1.54, 1.807) is 29.0 Å². The van der Waals surface area contributed by atoms with E-state index < -0.39 is 0 Å². The lowest BCUT2D eigenvalue weighted by atomic mass is 9.98. The zero-order chi connectivity index (χ0) is 21.0. The molecule has 0 N–H and O–H groups in total. The maximum absolute atomic E-state index is 13.0. The van der Waals surface area contributed by atoms with Crippen LogP contribution in [0.5, 0.6) is 5.75 Å². The van der Waals surface area contributed by atoms with Crippen LogP contribution in [0.4, 0.5) is 4.39 Å². The third kappa shape index (κ3) is 5.58. The van der Waals surface area contributed by atoms with Crippen LogP contribution in [0.25, 0.3) is 5.69 Å². The fourth-order valence-corrected chi connectivity index (χ4v) is 2.69. The molecule has 3 nitrogen and oxygen atoms in total. The van der Waals surface area contributed by atoms with Gasteiger partial charge < -0.3 is 4.74 Å². The molecule has 0 fully saturated rings. The van der Waals surface area contributed by atoms with E-state index in [4.69, 9.17) is 4.74 Å². The van der Waals surface area contributed by atoms with Crippen molar-refractivity contribution in [3.05, 3.63) is 93.7 Å². The minimum Gasteiger partial charge on any atom is -0.493 e. The molecular weight excluding hydrogens is 365 g/mol. The average molecular weight is 389 g/mol. The highest BCUT2D eigenvalue weighted by atomic mass is 19.1. The van der Waals surface area contributed by atoms with Crippen LogP contribution in [0, 0.1) is 30.0 Å². The van der Waals surface area contributed by atoms with Gasteiger partial charge in [-0.1, -0.05) is 32.6 Å². The van der Waals surface area contributed by atoms with Crippen molar-refractivity contribution in [3.8, 4) is 23.3 Å². The van der Waals surface area contributed by atoms with Crippen LogP contribution >= 0.6 is 0 Å². The minimum atomic E-state index is -0.303. The predicted octanol–water partition coefficient (Wildman–Crippen LogP) is 5.11. The van der Waals surface area contributed by atoms with Crippen LogP contribution in [0.1, 0.15) is 37.5 Å². The Labute approximate surface area is 170 Å².